The number of hydrogen-bond donors (Lipinski definition) is 2. The van der Waals surface area contributed by atoms with Crippen molar-refractivity contribution >= 4 is 28.8 Å². The van der Waals surface area contributed by atoms with Crippen molar-refractivity contribution in [1.82, 2.24) is 9.97 Å². The summed E-state index contributed by atoms with van der Waals surface area (Å²) in [6, 6.07) is 13.7. The molecule has 144 valence electrons. The molecule has 2 N–H and O–H groups in total. The summed E-state index contributed by atoms with van der Waals surface area (Å²) in [6.45, 7) is 6.15. The fourth-order valence-corrected chi connectivity index (χ4v) is 2.76. The van der Waals surface area contributed by atoms with Gasteiger partial charge in [0.15, 0.2) is 0 Å². The van der Waals surface area contributed by atoms with Gasteiger partial charge in [-0.3, -0.25) is 4.79 Å². The third-order valence-electron chi connectivity index (χ3n) is 4.24. The first-order valence-electron chi connectivity index (χ1n) is 9.10. The van der Waals surface area contributed by atoms with Gasteiger partial charge in [0.25, 0.3) is 5.91 Å². The van der Waals surface area contributed by atoms with Gasteiger partial charge in [-0.15, -0.1) is 0 Å². The Bertz CT molecular complexity index is 924. The van der Waals surface area contributed by atoms with Crippen molar-refractivity contribution in [2.24, 2.45) is 0 Å². The Kier molecular flexibility index (Phi) is 6.16. The number of amides is 1. The van der Waals surface area contributed by atoms with Crippen LogP contribution in [0.5, 0.6) is 0 Å². The van der Waals surface area contributed by atoms with E-state index in [1.165, 1.54) is 30.6 Å². The number of carbonyl (C=O) groups excluding carboxylic acids is 1. The average Bonchev–Trinajstić information content (AvgIpc) is 2.71. The molecule has 0 aliphatic rings. The van der Waals surface area contributed by atoms with Crippen molar-refractivity contribution < 1.29 is 9.18 Å². The number of anilines is 4. The summed E-state index contributed by atoms with van der Waals surface area (Å²) >= 11 is 0. The maximum absolute atomic E-state index is 13.2. The van der Waals surface area contributed by atoms with Gasteiger partial charge < -0.3 is 15.5 Å². The Hall–Kier alpha value is -3.48. The number of halogens is 1. The van der Waals surface area contributed by atoms with E-state index in [9.17, 15) is 9.18 Å². The van der Waals surface area contributed by atoms with Crippen molar-refractivity contribution in [2.75, 3.05) is 28.6 Å². The van der Waals surface area contributed by atoms with Crippen LogP contribution in [0.4, 0.5) is 27.3 Å². The zero-order chi connectivity index (χ0) is 19.9. The number of rotatable bonds is 7. The summed E-state index contributed by atoms with van der Waals surface area (Å²) < 4.78 is 13.2. The molecule has 0 aliphatic heterocycles. The van der Waals surface area contributed by atoms with E-state index < -0.39 is 11.7 Å². The predicted octanol–water partition coefficient (Wildman–Crippen LogP) is 4.46. The number of aromatic nitrogens is 2. The van der Waals surface area contributed by atoms with E-state index in [0.29, 0.717) is 11.5 Å². The van der Waals surface area contributed by atoms with Crippen molar-refractivity contribution in [2.45, 2.75) is 13.8 Å². The molecule has 0 saturated carbocycles. The maximum Gasteiger partial charge on any atom is 0.275 e. The summed E-state index contributed by atoms with van der Waals surface area (Å²) in [5.41, 5.74) is 2.54. The minimum atomic E-state index is -0.451. The zero-order valence-corrected chi connectivity index (χ0v) is 15.8. The highest BCUT2D eigenvalue weighted by molar-refractivity contribution is 6.02. The predicted molar refractivity (Wildman–Crippen MR) is 110 cm³/mol. The van der Waals surface area contributed by atoms with Crippen LogP contribution in [0, 0.1) is 5.82 Å². The van der Waals surface area contributed by atoms with Crippen LogP contribution >= 0.6 is 0 Å². The summed E-state index contributed by atoms with van der Waals surface area (Å²) in [4.78, 5) is 22.8. The normalized spacial score (nSPS) is 10.4. The van der Waals surface area contributed by atoms with Gasteiger partial charge in [-0.1, -0.05) is 6.07 Å². The lowest BCUT2D eigenvalue weighted by molar-refractivity contribution is 0.102. The quantitative estimate of drug-likeness (QED) is 0.634. The van der Waals surface area contributed by atoms with Crippen molar-refractivity contribution in [3.63, 3.8) is 0 Å². The van der Waals surface area contributed by atoms with Crippen LogP contribution in [0.15, 0.2) is 60.9 Å². The molecule has 0 saturated heterocycles. The molecule has 3 aromatic rings. The number of nitrogens with zero attached hydrogens (tertiary/aromatic N) is 3. The van der Waals surface area contributed by atoms with Gasteiger partial charge in [0.1, 0.15) is 17.3 Å². The topological polar surface area (TPSA) is 70.2 Å². The molecule has 0 spiro atoms. The third kappa shape index (κ3) is 4.82. The number of nitrogens with one attached hydrogen (secondary N) is 2. The van der Waals surface area contributed by atoms with Gasteiger partial charge in [-0.05, 0) is 56.3 Å². The van der Waals surface area contributed by atoms with E-state index in [0.717, 1.165) is 24.5 Å². The summed E-state index contributed by atoms with van der Waals surface area (Å²) in [6.07, 6.45) is 2.86. The Morgan fingerprint density at radius 2 is 1.75 bits per heavy atom. The summed E-state index contributed by atoms with van der Waals surface area (Å²) in [7, 11) is 0. The van der Waals surface area contributed by atoms with Gasteiger partial charge in [-0.2, -0.15) is 0 Å². The first kappa shape index (κ1) is 19.3. The highest BCUT2D eigenvalue weighted by Gasteiger charge is 2.09. The smallest absolute Gasteiger partial charge is 0.275 e. The first-order chi connectivity index (χ1) is 13.6. The van der Waals surface area contributed by atoms with E-state index in [2.05, 4.69) is 39.3 Å². The molecule has 1 aromatic heterocycles. The van der Waals surface area contributed by atoms with E-state index in [-0.39, 0.29) is 5.69 Å². The second-order valence-electron chi connectivity index (χ2n) is 6.10. The average molecular weight is 379 g/mol. The van der Waals surface area contributed by atoms with Crippen LogP contribution in [-0.4, -0.2) is 29.0 Å². The Balaban J connectivity index is 1.63. The van der Waals surface area contributed by atoms with Gasteiger partial charge in [0.2, 0.25) is 0 Å². The summed E-state index contributed by atoms with van der Waals surface area (Å²) in [5, 5.41) is 5.75. The number of hydrogen-bond acceptors (Lipinski definition) is 5. The molecule has 0 aliphatic carbocycles. The molecule has 7 heteroatoms. The van der Waals surface area contributed by atoms with Crippen LogP contribution < -0.4 is 15.5 Å². The van der Waals surface area contributed by atoms with Crippen LogP contribution in [0.1, 0.15) is 24.3 Å². The monoisotopic (exact) mass is 379 g/mol. The third-order valence-corrected chi connectivity index (χ3v) is 4.24. The molecule has 2 aromatic carbocycles. The van der Waals surface area contributed by atoms with Gasteiger partial charge in [-0.25, -0.2) is 14.4 Å². The molecule has 1 heterocycles. The lowest BCUT2D eigenvalue weighted by Crippen LogP contribution is -2.21. The van der Waals surface area contributed by atoms with Crippen LogP contribution in [0.2, 0.25) is 0 Å². The SMILES string of the molecule is CCN(CC)c1ccc(Nc2cnc(C(=O)Nc3cccc(F)c3)cn2)cc1. The fraction of sp³-hybridized carbons (Fsp3) is 0.190. The lowest BCUT2D eigenvalue weighted by Gasteiger charge is -2.21. The second-order valence-corrected chi connectivity index (χ2v) is 6.10. The molecule has 28 heavy (non-hydrogen) atoms. The molecule has 1 amide bonds. The van der Waals surface area contributed by atoms with E-state index >= 15 is 0 Å². The minimum Gasteiger partial charge on any atom is -0.372 e. The van der Waals surface area contributed by atoms with Crippen molar-refractivity contribution in [3.8, 4) is 0 Å². The largest absolute Gasteiger partial charge is 0.372 e. The van der Waals surface area contributed by atoms with Crippen molar-refractivity contribution in [1.29, 1.82) is 0 Å². The van der Waals surface area contributed by atoms with E-state index in [1.807, 2.05) is 24.3 Å². The Morgan fingerprint density at radius 1 is 1.00 bits per heavy atom. The second kappa shape index (κ2) is 8.94. The molecular formula is C21H22FN5O. The molecular weight excluding hydrogens is 357 g/mol. The number of benzene rings is 2. The Morgan fingerprint density at radius 3 is 2.36 bits per heavy atom. The maximum atomic E-state index is 13.2. The van der Waals surface area contributed by atoms with E-state index in [4.69, 9.17) is 0 Å². The molecule has 3 rings (SSSR count). The standard InChI is InChI=1S/C21H22FN5O/c1-3-27(4-2)18-10-8-16(9-11-18)25-20-14-23-19(13-24-20)21(28)26-17-7-5-6-15(22)12-17/h5-14H,3-4H2,1-2H3,(H,24,25)(H,26,28). The Labute approximate surface area is 163 Å². The van der Waals surface area contributed by atoms with Crippen molar-refractivity contribution in [3.05, 3.63) is 72.4 Å². The van der Waals surface area contributed by atoms with Gasteiger partial charge in [0.05, 0.1) is 12.4 Å². The van der Waals surface area contributed by atoms with Gasteiger partial charge in [0, 0.05) is 30.2 Å². The highest BCUT2D eigenvalue weighted by atomic mass is 19.1. The van der Waals surface area contributed by atoms with E-state index in [1.54, 1.807) is 6.07 Å². The summed E-state index contributed by atoms with van der Waals surface area (Å²) in [5.74, 6) is -0.346. The molecule has 0 unspecified atom stereocenters. The minimum absolute atomic E-state index is 0.145. The molecule has 0 fully saturated rings. The van der Waals surface area contributed by atoms with Crippen LogP contribution in [-0.2, 0) is 0 Å². The fourth-order valence-electron chi connectivity index (χ4n) is 2.76. The molecule has 0 radical (unpaired) electrons. The molecule has 6 nitrogen and oxygen atoms in total. The lowest BCUT2D eigenvalue weighted by atomic mass is 10.2. The number of carbonyl (C=O) groups is 1. The van der Waals surface area contributed by atoms with Crippen LogP contribution in [0.25, 0.3) is 0 Å². The first-order valence-corrected chi connectivity index (χ1v) is 9.10. The van der Waals surface area contributed by atoms with Crippen LogP contribution in [0.3, 0.4) is 0 Å². The molecule has 0 bridgehead atoms. The highest BCUT2D eigenvalue weighted by Crippen LogP contribution is 2.20. The molecule has 0 atom stereocenters. The van der Waals surface area contributed by atoms with Gasteiger partial charge >= 0.3 is 0 Å². The zero-order valence-electron chi connectivity index (χ0n) is 15.8.